The summed E-state index contributed by atoms with van der Waals surface area (Å²) < 4.78 is 18.3. The molecule has 0 amide bonds. The van der Waals surface area contributed by atoms with Crippen molar-refractivity contribution in [3.8, 4) is 5.88 Å². The molecule has 0 aliphatic heterocycles. The summed E-state index contributed by atoms with van der Waals surface area (Å²) in [6.45, 7) is 7.50. The van der Waals surface area contributed by atoms with Crippen molar-refractivity contribution in [3.63, 3.8) is 0 Å². The van der Waals surface area contributed by atoms with Gasteiger partial charge in [0.15, 0.2) is 0 Å². The molecule has 2 atom stereocenters. The van der Waals surface area contributed by atoms with E-state index in [2.05, 4.69) is 25.8 Å². The zero-order valence-corrected chi connectivity index (χ0v) is 11.4. The zero-order chi connectivity index (χ0) is 13.1. The maximum absolute atomic E-state index is 12.7. The Balaban J connectivity index is 1.77. The number of hydrogen-bond acceptors (Lipinski definition) is 2. The van der Waals surface area contributed by atoms with Gasteiger partial charge in [-0.2, -0.15) is 0 Å². The van der Waals surface area contributed by atoms with E-state index in [0.29, 0.717) is 24.3 Å². The maximum Gasteiger partial charge on any atom is 0.213 e. The molecule has 2 nitrogen and oxygen atoms in total. The fraction of sp³-hybridized carbons (Fsp3) is 0.667. The summed E-state index contributed by atoms with van der Waals surface area (Å²) in [5.74, 6) is 3.12. The Morgan fingerprint density at radius 3 is 2.67 bits per heavy atom. The fourth-order valence-electron chi connectivity index (χ4n) is 2.67. The van der Waals surface area contributed by atoms with Crippen molar-refractivity contribution in [2.45, 2.75) is 33.6 Å². The minimum atomic E-state index is -0.327. The van der Waals surface area contributed by atoms with Crippen LogP contribution in [-0.2, 0) is 0 Å². The molecule has 100 valence electrons. The van der Waals surface area contributed by atoms with Gasteiger partial charge >= 0.3 is 0 Å². The Morgan fingerprint density at radius 1 is 1.39 bits per heavy atom. The number of ether oxygens (including phenoxy) is 1. The maximum atomic E-state index is 12.7. The van der Waals surface area contributed by atoms with Crippen molar-refractivity contribution in [1.82, 2.24) is 4.98 Å². The summed E-state index contributed by atoms with van der Waals surface area (Å²) in [5, 5.41) is 0. The van der Waals surface area contributed by atoms with E-state index in [4.69, 9.17) is 4.74 Å². The summed E-state index contributed by atoms with van der Waals surface area (Å²) in [7, 11) is 0. The number of nitrogens with zero attached hydrogens (tertiary/aromatic N) is 1. The van der Waals surface area contributed by atoms with Crippen molar-refractivity contribution in [3.05, 3.63) is 24.1 Å². The van der Waals surface area contributed by atoms with Crippen LogP contribution in [0.25, 0.3) is 0 Å². The molecule has 1 heterocycles. The smallest absolute Gasteiger partial charge is 0.213 e. The highest BCUT2D eigenvalue weighted by atomic mass is 19.1. The lowest BCUT2D eigenvalue weighted by Crippen LogP contribution is -2.32. The molecule has 1 aromatic heterocycles. The first-order valence-corrected chi connectivity index (χ1v) is 6.80. The number of halogens is 1. The van der Waals surface area contributed by atoms with Crippen molar-refractivity contribution in [1.29, 1.82) is 0 Å². The second-order valence-corrected chi connectivity index (χ2v) is 5.80. The number of aromatic nitrogens is 1. The molecule has 1 aliphatic rings. The highest BCUT2D eigenvalue weighted by molar-refractivity contribution is 5.10. The van der Waals surface area contributed by atoms with E-state index in [9.17, 15) is 4.39 Å². The van der Waals surface area contributed by atoms with Crippen LogP contribution < -0.4 is 4.74 Å². The van der Waals surface area contributed by atoms with Gasteiger partial charge in [0.25, 0.3) is 0 Å². The van der Waals surface area contributed by atoms with E-state index in [1.165, 1.54) is 25.1 Å². The van der Waals surface area contributed by atoms with Crippen molar-refractivity contribution >= 4 is 0 Å². The summed E-state index contributed by atoms with van der Waals surface area (Å²) in [6, 6.07) is 2.96. The summed E-state index contributed by atoms with van der Waals surface area (Å²) in [5.41, 5.74) is 0. The lowest BCUT2D eigenvalue weighted by atomic mass is 9.67. The van der Waals surface area contributed by atoms with Gasteiger partial charge in [-0.25, -0.2) is 9.37 Å². The summed E-state index contributed by atoms with van der Waals surface area (Å²) >= 11 is 0. The predicted molar refractivity (Wildman–Crippen MR) is 69.9 cm³/mol. The van der Waals surface area contributed by atoms with Crippen LogP contribution in [0.5, 0.6) is 5.88 Å². The Morgan fingerprint density at radius 2 is 2.11 bits per heavy atom. The minimum absolute atomic E-state index is 0.327. The molecule has 0 saturated heterocycles. The Bertz CT molecular complexity index is 373. The molecule has 1 saturated carbocycles. The molecule has 3 heteroatoms. The highest BCUT2D eigenvalue weighted by Crippen LogP contribution is 2.41. The van der Waals surface area contributed by atoms with Gasteiger partial charge in [0.2, 0.25) is 5.88 Å². The highest BCUT2D eigenvalue weighted by Gasteiger charge is 2.32. The Hall–Kier alpha value is -1.12. The molecule has 0 unspecified atom stereocenters. The zero-order valence-electron chi connectivity index (χ0n) is 11.4. The third kappa shape index (κ3) is 3.21. The fourth-order valence-corrected chi connectivity index (χ4v) is 2.67. The molecule has 1 fully saturated rings. The predicted octanol–water partition coefficient (Wildman–Crippen LogP) is 3.92. The second-order valence-electron chi connectivity index (χ2n) is 5.80. The number of hydrogen-bond donors (Lipinski definition) is 0. The van der Waals surface area contributed by atoms with Crippen LogP contribution in [0.2, 0.25) is 0 Å². The average molecular weight is 251 g/mol. The van der Waals surface area contributed by atoms with Gasteiger partial charge in [-0.05, 0) is 42.6 Å². The van der Waals surface area contributed by atoms with E-state index in [-0.39, 0.29) is 5.82 Å². The van der Waals surface area contributed by atoms with Crippen LogP contribution in [0.4, 0.5) is 4.39 Å². The molecule has 1 aromatic rings. The van der Waals surface area contributed by atoms with Gasteiger partial charge in [0.05, 0.1) is 12.8 Å². The van der Waals surface area contributed by atoms with Crippen LogP contribution >= 0.6 is 0 Å². The van der Waals surface area contributed by atoms with Crippen molar-refractivity contribution in [2.24, 2.45) is 23.7 Å². The third-order valence-corrected chi connectivity index (χ3v) is 4.25. The molecule has 18 heavy (non-hydrogen) atoms. The first-order chi connectivity index (χ1) is 8.56. The quantitative estimate of drug-likeness (QED) is 0.791. The SMILES string of the molecule is CC1CC([C@@H](C)[C@@H](C)COc2ccc(F)cn2)C1. The van der Waals surface area contributed by atoms with Crippen molar-refractivity contribution < 1.29 is 9.13 Å². The number of pyridine rings is 1. The third-order valence-electron chi connectivity index (χ3n) is 4.25. The standard InChI is InChI=1S/C15H22FNO/c1-10-6-13(7-10)12(3)11(2)9-18-15-5-4-14(16)8-17-15/h4-5,8,10-13H,6-7,9H2,1-3H3/t10?,11-,12-,13?/m0/s1. The lowest BCUT2D eigenvalue weighted by Gasteiger charge is -2.39. The largest absolute Gasteiger partial charge is 0.477 e. The molecule has 0 spiro atoms. The van der Waals surface area contributed by atoms with Crippen molar-refractivity contribution in [2.75, 3.05) is 6.61 Å². The van der Waals surface area contributed by atoms with Gasteiger partial charge in [-0.3, -0.25) is 0 Å². The molecule has 1 aliphatic carbocycles. The number of rotatable bonds is 5. The molecule has 0 radical (unpaired) electrons. The normalized spacial score (nSPS) is 26.2. The molecular formula is C15H22FNO. The van der Waals surface area contributed by atoms with E-state index in [1.54, 1.807) is 6.07 Å². The van der Waals surface area contributed by atoms with Crippen LogP contribution in [0, 0.1) is 29.5 Å². The first kappa shape index (κ1) is 13.3. The summed E-state index contributed by atoms with van der Waals surface area (Å²) in [4.78, 5) is 3.90. The average Bonchev–Trinajstić information content (AvgIpc) is 2.33. The topological polar surface area (TPSA) is 22.1 Å². The molecular weight excluding hydrogens is 229 g/mol. The monoisotopic (exact) mass is 251 g/mol. The van der Waals surface area contributed by atoms with Gasteiger partial charge < -0.3 is 4.74 Å². The van der Waals surface area contributed by atoms with Gasteiger partial charge in [0.1, 0.15) is 5.82 Å². The second kappa shape index (κ2) is 5.68. The van der Waals surface area contributed by atoms with Crippen LogP contribution in [0.15, 0.2) is 18.3 Å². The molecule has 2 rings (SSSR count). The molecule has 0 bridgehead atoms. The Kier molecular flexibility index (Phi) is 4.20. The van der Waals surface area contributed by atoms with E-state index in [0.717, 1.165) is 11.8 Å². The van der Waals surface area contributed by atoms with Gasteiger partial charge in [-0.1, -0.05) is 20.8 Å². The molecule has 0 aromatic carbocycles. The van der Waals surface area contributed by atoms with E-state index >= 15 is 0 Å². The van der Waals surface area contributed by atoms with Gasteiger partial charge in [-0.15, -0.1) is 0 Å². The molecule has 0 N–H and O–H groups in total. The van der Waals surface area contributed by atoms with Crippen LogP contribution in [-0.4, -0.2) is 11.6 Å². The van der Waals surface area contributed by atoms with E-state index < -0.39 is 0 Å². The van der Waals surface area contributed by atoms with E-state index in [1.807, 2.05) is 0 Å². The van der Waals surface area contributed by atoms with Crippen LogP contribution in [0.3, 0.4) is 0 Å². The summed E-state index contributed by atoms with van der Waals surface area (Å²) in [6.07, 6.45) is 3.89. The van der Waals surface area contributed by atoms with Crippen LogP contribution in [0.1, 0.15) is 33.6 Å². The minimum Gasteiger partial charge on any atom is -0.477 e. The Labute approximate surface area is 109 Å². The lowest BCUT2D eigenvalue weighted by molar-refractivity contribution is 0.0870. The first-order valence-electron chi connectivity index (χ1n) is 6.80. The van der Waals surface area contributed by atoms with Gasteiger partial charge in [0, 0.05) is 6.07 Å².